The maximum Gasteiger partial charge on any atom is 0.189 e. The van der Waals surface area contributed by atoms with Crippen molar-refractivity contribution in [3.05, 3.63) is 29.8 Å². The summed E-state index contributed by atoms with van der Waals surface area (Å²) in [6, 6.07) is 7.87. The molecule has 1 aliphatic rings. The third kappa shape index (κ3) is 3.67. The van der Waals surface area contributed by atoms with Gasteiger partial charge < -0.3 is 0 Å². The zero-order valence-corrected chi connectivity index (χ0v) is 12.2. The molecule has 3 nitrogen and oxygen atoms in total. The summed E-state index contributed by atoms with van der Waals surface area (Å²) in [6.07, 6.45) is 0.822. The molecule has 18 heavy (non-hydrogen) atoms. The summed E-state index contributed by atoms with van der Waals surface area (Å²) in [5, 5.41) is 0.501. The fraction of sp³-hybridized carbons (Fsp3) is 0.462. The second kappa shape index (κ2) is 6.50. The van der Waals surface area contributed by atoms with E-state index >= 15 is 0 Å². The molecule has 0 saturated heterocycles. The lowest BCUT2D eigenvalue weighted by atomic mass is 10.2. The van der Waals surface area contributed by atoms with Crippen LogP contribution < -0.4 is 0 Å². The highest BCUT2D eigenvalue weighted by atomic mass is 32.2. The molecule has 0 bridgehead atoms. The van der Waals surface area contributed by atoms with Crippen molar-refractivity contribution in [3.63, 3.8) is 0 Å². The van der Waals surface area contributed by atoms with E-state index in [1.54, 1.807) is 11.8 Å². The Kier molecular flexibility index (Phi) is 4.97. The van der Waals surface area contributed by atoms with Crippen LogP contribution in [0.15, 0.2) is 34.2 Å². The SMILES string of the molecule is Cc1ccc(S(=O)OCCC2N=CSC2C)cc1. The van der Waals surface area contributed by atoms with E-state index in [4.69, 9.17) is 4.18 Å². The highest BCUT2D eigenvalue weighted by molar-refractivity contribution is 8.12. The molecular formula is C13H17NO2S2. The molecule has 3 unspecified atom stereocenters. The third-order valence-corrected chi connectivity index (χ3v) is 4.91. The molecule has 2 rings (SSSR count). The number of hydrogen-bond acceptors (Lipinski definition) is 4. The fourth-order valence-corrected chi connectivity index (χ4v) is 3.24. The molecule has 0 N–H and O–H groups in total. The number of aryl methyl sites for hydroxylation is 1. The van der Waals surface area contributed by atoms with Crippen molar-refractivity contribution in [1.82, 2.24) is 0 Å². The zero-order valence-electron chi connectivity index (χ0n) is 10.5. The average molecular weight is 283 g/mol. The van der Waals surface area contributed by atoms with Crippen LogP contribution in [0.2, 0.25) is 0 Å². The van der Waals surface area contributed by atoms with Gasteiger partial charge in [-0.3, -0.25) is 9.18 Å². The average Bonchev–Trinajstić information content (AvgIpc) is 2.76. The van der Waals surface area contributed by atoms with Crippen molar-refractivity contribution < 1.29 is 8.39 Å². The number of benzene rings is 1. The molecule has 0 amide bonds. The van der Waals surface area contributed by atoms with Crippen molar-refractivity contribution in [3.8, 4) is 0 Å². The first-order chi connectivity index (χ1) is 8.66. The molecule has 1 aliphatic heterocycles. The normalized spacial score (nSPS) is 24.3. The van der Waals surface area contributed by atoms with Gasteiger partial charge >= 0.3 is 0 Å². The van der Waals surface area contributed by atoms with Crippen LogP contribution in [0.3, 0.4) is 0 Å². The Morgan fingerprint density at radius 2 is 2.11 bits per heavy atom. The Labute approximate surface area is 115 Å². The molecule has 98 valence electrons. The molecule has 0 radical (unpaired) electrons. The summed E-state index contributed by atoms with van der Waals surface area (Å²) in [5.41, 5.74) is 3.05. The van der Waals surface area contributed by atoms with Gasteiger partial charge in [0, 0.05) is 5.25 Å². The summed E-state index contributed by atoms with van der Waals surface area (Å²) in [5.74, 6) is 0. The van der Waals surface area contributed by atoms with E-state index in [0.29, 0.717) is 17.9 Å². The smallest absolute Gasteiger partial charge is 0.189 e. The second-order valence-corrected chi connectivity index (χ2v) is 6.72. The number of aliphatic imine (C=N–C) groups is 1. The number of nitrogens with zero attached hydrogens (tertiary/aromatic N) is 1. The van der Waals surface area contributed by atoms with Gasteiger partial charge in [0.2, 0.25) is 0 Å². The monoisotopic (exact) mass is 283 g/mol. The Bertz CT molecular complexity index is 445. The van der Waals surface area contributed by atoms with E-state index in [1.165, 1.54) is 0 Å². The predicted octanol–water partition coefficient (Wildman–Crippen LogP) is 2.96. The molecule has 3 atom stereocenters. The molecule has 1 aromatic carbocycles. The van der Waals surface area contributed by atoms with Crippen LogP contribution in [0.4, 0.5) is 0 Å². The molecule has 0 aromatic heterocycles. The first-order valence-electron chi connectivity index (χ1n) is 5.95. The van der Waals surface area contributed by atoms with Crippen molar-refractivity contribution in [2.75, 3.05) is 6.61 Å². The van der Waals surface area contributed by atoms with E-state index in [2.05, 4.69) is 11.9 Å². The lowest BCUT2D eigenvalue weighted by Crippen LogP contribution is -2.16. The highest BCUT2D eigenvalue weighted by Gasteiger charge is 2.20. The van der Waals surface area contributed by atoms with Crippen LogP contribution in [0.1, 0.15) is 18.9 Å². The van der Waals surface area contributed by atoms with Crippen LogP contribution >= 0.6 is 11.8 Å². The molecule has 0 aliphatic carbocycles. The van der Waals surface area contributed by atoms with Crippen molar-refractivity contribution >= 4 is 28.4 Å². The van der Waals surface area contributed by atoms with Gasteiger partial charge in [-0.25, -0.2) is 4.21 Å². The lowest BCUT2D eigenvalue weighted by molar-refractivity contribution is 0.325. The molecule has 1 aromatic rings. The van der Waals surface area contributed by atoms with Gasteiger partial charge in [-0.05, 0) is 25.5 Å². The van der Waals surface area contributed by atoms with E-state index in [0.717, 1.165) is 16.9 Å². The fourth-order valence-electron chi connectivity index (χ4n) is 1.69. The van der Waals surface area contributed by atoms with Crippen LogP contribution in [0.5, 0.6) is 0 Å². The van der Waals surface area contributed by atoms with Gasteiger partial charge in [-0.15, -0.1) is 11.8 Å². The minimum absolute atomic E-state index is 0.296. The van der Waals surface area contributed by atoms with Crippen molar-refractivity contribution in [2.45, 2.75) is 36.5 Å². The summed E-state index contributed by atoms with van der Waals surface area (Å²) < 4.78 is 17.2. The minimum Gasteiger partial charge on any atom is -0.287 e. The van der Waals surface area contributed by atoms with E-state index in [1.807, 2.05) is 36.7 Å². The van der Waals surface area contributed by atoms with Crippen LogP contribution in [-0.2, 0) is 15.3 Å². The van der Waals surface area contributed by atoms with Gasteiger partial charge in [0.05, 0.1) is 23.1 Å². The lowest BCUT2D eigenvalue weighted by Gasteiger charge is -2.11. The van der Waals surface area contributed by atoms with Crippen LogP contribution in [0, 0.1) is 6.92 Å². The highest BCUT2D eigenvalue weighted by Crippen LogP contribution is 2.23. The molecule has 1 heterocycles. The maximum absolute atomic E-state index is 11.9. The summed E-state index contributed by atoms with van der Waals surface area (Å²) in [4.78, 5) is 5.08. The Morgan fingerprint density at radius 1 is 1.39 bits per heavy atom. The Balaban J connectivity index is 1.78. The summed E-state index contributed by atoms with van der Waals surface area (Å²) in [7, 11) is 0. The zero-order chi connectivity index (χ0) is 13.0. The standard InChI is InChI=1S/C13H17NO2S2/c1-10-3-5-12(6-4-10)18(15)16-8-7-13-11(2)17-9-14-13/h3-6,9,11,13H,7-8H2,1-2H3. The molecular weight excluding hydrogens is 266 g/mol. The molecule has 0 fully saturated rings. The maximum atomic E-state index is 11.9. The topological polar surface area (TPSA) is 38.7 Å². The van der Waals surface area contributed by atoms with Gasteiger partial charge in [0.15, 0.2) is 11.1 Å². The van der Waals surface area contributed by atoms with Gasteiger partial charge in [0.25, 0.3) is 0 Å². The van der Waals surface area contributed by atoms with Gasteiger partial charge in [-0.1, -0.05) is 24.6 Å². The first kappa shape index (κ1) is 13.8. The number of thioether (sulfide) groups is 1. The van der Waals surface area contributed by atoms with Gasteiger partial charge in [-0.2, -0.15) is 0 Å². The van der Waals surface area contributed by atoms with Crippen LogP contribution in [-0.4, -0.2) is 27.7 Å². The largest absolute Gasteiger partial charge is 0.287 e. The first-order valence-corrected chi connectivity index (χ1v) is 7.97. The van der Waals surface area contributed by atoms with E-state index < -0.39 is 11.1 Å². The van der Waals surface area contributed by atoms with Crippen LogP contribution in [0.25, 0.3) is 0 Å². The van der Waals surface area contributed by atoms with Gasteiger partial charge in [0.1, 0.15) is 0 Å². The second-order valence-electron chi connectivity index (χ2n) is 4.32. The predicted molar refractivity (Wildman–Crippen MR) is 77.5 cm³/mol. The Hall–Kier alpha value is -0.650. The minimum atomic E-state index is -1.36. The van der Waals surface area contributed by atoms with Crippen molar-refractivity contribution in [1.29, 1.82) is 0 Å². The quantitative estimate of drug-likeness (QED) is 0.834. The van der Waals surface area contributed by atoms with Crippen molar-refractivity contribution in [2.24, 2.45) is 4.99 Å². The number of rotatable bonds is 5. The molecule has 5 heteroatoms. The molecule has 0 saturated carbocycles. The van der Waals surface area contributed by atoms with E-state index in [9.17, 15) is 4.21 Å². The Morgan fingerprint density at radius 3 is 2.72 bits per heavy atom. The molecule has 0 spiro atoms. The summed E-state index contributed by atoms with van der Waals surface area (Å²) in [6.45, 7) is 4.64. The number of hydrogen-bond donors (Lipinski definition) is 0. The third-order valence-electron chi connectivity index (χ3n) is 2.89. The summed E-state index contributed by atoms with van der Waals surface area (Å²) >= 11 is 0.377. The van der Waals surface area contributed by atoms with E-state index in [-0.39, 0.29) is 0 Å².